The van der Waals surface area contributed by atoms with Crippen LogP contribution in [0, 0.1) is 17.5 Å². The molecule has 0 amide bonds. The molecule has 2 aromatic rings. The Kier molecular flexibility index (Phi) is 5.11. The quantitative estimate of drug-likeness (QED) is 0.500. The van der Waals surface area contributed by atoms with E-state index in [0.29, 0.717) is 5.02 Å². The number of hydrogen-bond donors (Lipinski definition) is 2. The van der Waals surface area contributed by atoms with Crippen molar-refractivity contribution >= 4 is 23.2 Å². The number of nitrogens with two attached hydrogens (primary N) is 1. The van der Waals surface area contributed by atoms with Crippen LogP contribution in [-0.2, 0) is 6.42 Å². The van der Waals surface area contributed by atoms with Gasteiger partial charge in [0.05, 0.1) is 11.1 Å². The maximum atomic E-state index is 13.9. The third-order valence-electron chi connectivity index (χ3n) is 3.05. The Labute approximate surface area is 129 Å². The van der Waals surface area contributed by atoms with E-state index in [0.717, 1.165) is 12.1 Å². The van der Waals surface area contributed by atoms with E-state index in [1.54, 1.807) is 0 Å². The number of hydrogen-bond acceptors (Lipinski definition) is 2. The first kappa shape index (κ1) is 16.1. The zero-order chi connectivity index (χ0) is 15.6. The second-order valence-electron chi connectivity index (χ2n) is 4.45. The molecule has 0 aromatic heterocycles. The topological polar surface area (TPSA) is 38.0 Å². The van der Waals surface area contributed by atoms with Crippen LogP contribution in [0.3, 0.4) is 0 Å². The Bertz CT molecular complexity index is 665. The lowest BCUT2D eigenvalue weighted by atomic mass is 9.98. The van der Waals surface area contributed by atoms with E-state index in [4.69, 9.17) is 29.0 Å². The lowest BCUT2D eigenvalue weighted by Gasteiger charge is -2.18. The van der Waals surface area contributed by atoms with Crippen LogP contribution in [0.2, 0.25) is 10.0 Å². The summed E-state index contributed by atoms with van der Waals surface area (Å²) in [5, 5.41) is 0.00545. The van der Waals surface area contributed by atoms with Crippen molar-refractivity contribution in [2.24, 2.45) is 5.84 Å². The van der Waals surface area contributed by atoms with Crippen molar-refractivity contribution in [1.82, 2.24) is 5.43 Å². The molecule has 1 unspecified atom stereocenters. The molecule has 2 nitrogen and oxygen atoms in total. The van der Waals surface area contributed by atoms with E-state index in [9.17, 15) is 13.2 Å². The second-order valence-corrected chi connectivity index (χ2v) is 5.29. The Morgan fingerprint density at radius 1 is 1.00 bits per heavy atom. The molecule has 2 rings (SSSR count). The van der Waals surface area contributed by atoms with Crippen molar-refractivity contribution in [3.63, 3.8) is 0 Å². The van der Waals surface area contributed by atoms with Gasteiger partial charge < -0.3 is 0 Å². The smallest absolute Gasteiger partial charge is 0.142 e. The number of rotatable bonds is 4. The van der Waals surface area contributed by atoms with Crippen molar-refractivity contribution in [3.8, 4) is 0 Å². The zero-order valence-electron chi connectivity index (χ0n) is 10.6. The summed E-state index contributed by atoms with van der Waals surface area (Å²) in [6, 6.07) is 4.96. The largest absolute Gasteiger partial charge is 0.271 e. The molecule has 0 saturated heterocycles. The summed E-state index contributed by atoms with van der Waals surface area (Å²) in [5.74, 6) is 3.36. The predicted molar refractivity (Wildman–Crippen MR) is 76.5 cm³/mol. The third-order valence-corrected chi connectivity index (χ3v) is 3.57. The fraction of sp³-hybridized carbons (Fsp3) is 0.143. The summed E-state index contributed by atoms with van der Waals surface area (Å²) in [4.78, 5) is 0. The van der Waals surface area contributed by atoms with Gasteiger partial charge in [-0.15, -0.1) is 0 Å². The molecular formula is C14H11Cl2F3N2. The van der Waals surface area contributed by atoms with Gasteiger partial charge in [-0.25, -0.2) is 13.2 Å². The molecule has 0 aliphatic rings. The maximum absolute atomic E-state index is 13.9. The third kappa shape index (κ3) is 3.68. The van der Waals surface area contributed by atoms with Gasteiger partial charge in [-0.1, -0.05) is 23.2 Å². The Morgan fingerprint density at radius 3 is 2.38 bits per heavy atom. The molecule has 0 fully saturated rings. The fourth-order valence-corrected chi connectivity index (χ4v) is 2.33. The molecule has 1 atom stereocenters. The number of nitrogens with one attached hydrogen (secondary N) is 1. The Balaban J connectivity index is 2.36. The van der Waals surface area contributed by atoms with Gasteiger partial charge in [-0.2, -0.15) is 0 Å². The second kappa shape index (κ2) is 6.66. The fourth-order valence-electron chi connectivity index (χ4n) is 1.98. The minimum absolute atomic E-state index is 0.000879. The van der Waals surface area contributed by atoms with E-state index >= 15 is 0 Å². The van der Waals surface area contributed by atoms with Gasteiger partial charge in [-0.3, -0.25) is 11.3 Å². The first-order valence-corrected chi connectivity index (χ1v) is 6.72. The van der Waals surface area contributed by atoms with E-state index in [2.05, 4.69) is 5.43 Å². The van der Waals surface area contributed by atoms with Crippen LogP contribution >= 0.6 is 23.2 Å². The van der Waals surface area contributed by atoms with Gasteiger partial charge in [0.1, 0.15) is 17.5 Å². The van der Waals surface area contributed by atoms with Crippen LogP contribution in [0.5, 0.6) is 0 Å². The minimum Gasteiger partial charge on any atom is -0.271 e. The Morgan fingerprint density at radius 2 is 1.71 bits per heavy atom. The summed E-state index contributed by atoms with van der Waals surface area (Å²) >= 11 is 11.3. The molecule has 0 radical (unpaired) electrons. The highest BCUT2D eigenvalue weighted by Crippen LogP contribution is 2.27. The minimum atomic E-state index is -0.829. The van der Waals surface area contributed by atoms with Crippen molar-refractivity contribution < 1.29 is 13.2 Å². The number of benzene rings is 2. The van der Waals surface area contributed by atoms with Crippen LogP contribution in [0.15, 0.2) is 30.3 Å². The SMILES string of the molecule is NNC(Cc1cc(Cl)ccc1F)c1cc(F)c(Cl)cc1F. The van der Waals surface area contributed by atoms with Gasteiger partial charge in [-0.05, 0) is 42.3 Å². The van der Waals surface area contributed by atoms with Gasteiger partial charge in [0.2, 0.25) is 0 Å². The van der Waals surface area contributed by atoms with Crippen LogP contribution in [-0.4, -0.2) is 0 Å². The lowest BCUT2D eigenvalue weighted by molar-refractivity contribution is 0.492. The molecule has 0 aliphatic heterocycles. The molecule has 0 spiro atoms. The van der Waals surface area contributed by atoms with Crippen LogP contribution < -0.4 is 11.3 Å². The first-order valence-electron chi connectivity index (χ1n) is 5.97. The van der Waals surface area contributed by atoms with Crippen molar-refractivity contribution in [2.45, 2.75) is 12.5 Å². The highest BCUT2D eigenvalue weighted by Gasteiger charge is 2.19. The van der Waals surface area contributed by atoms with Crippen LogP contribution in [0.4, 0.5) is 13.2 Å². The van der Waals surface area contributed by atoms with Gasteiger partial charge in [0, 0.05) is 10.6 Å². The Hall–Kier alpha value is -1.27. The van der Waals surface area contributed by atoms with Crippen molar-refractivity contribution in [1.29, 1.82) is 0 Å². The summed E-state index contributed by atoms with van der Waals surface area (Å²) in [7, 11) is 0. The molecular weight excluding hydrogens is 324 g/mol. The first-order chi connectivity index (χ1) is 9.92. The summed E-state index contributed by atoms with van der Waals surface area (Å²) in [6.07, 6.45) is 0.000879. The standard InChI is InChI=1S/C14H11Cl2F3N2/c15-8-1-2-11(17)7(3-8)4-14(21-20)9-5-13(19)10(16)6-12(9)18/h1-3,5-6,14,21H,4,20H2. The van der Waals surface area contributed by atoms with Crippen LogP contribution in [0.25, 0.3) is 0 Å². The molecule has 3 N–H and O–H groups in total. The van der Waals surface area contributed by atoms with E-state index in [-0.39, 0.29) is 22.6 Å². The monoisotopic (exact) mass is 334 g/mol. The molecule has 0 bridgehead atoms. The highest BCUT2D eigenvalue weighted by molar-refractivity contribution is 6.31. The van der Waals surface area contributed by atoms with Gasteiger partial charge >= 0.3 is 0 Å². The molecule has 2 aromatic carbocycles. The van der Waals surface area contributed by atoms with E-state index in [1.165, 1.54) is 18.2 Å². The summed E-state index contributed by atoms with van der Waals surface area (Å²) < 4.78 is 41.1. The molecule has 7 heteroatoms. The van der Waals surface area contributed by atoms with Crippen molar-refractivity contribution in [2.75, 3.05) is 0 Å². The molecule has 0 heterocycles. The predicted octanol–water partition coefficient (Wildman–Crippen LogP) is 4.16. The average Bonchev–Trinajstić information content (AvgIpc) is 2.44. The number of halogens is 5. The zero-order valence-corrected chi connectivity index (χ0v) is 12.2. The average molecular weight is 335 g/mol. The number of hydrazine groups is 1. The normalized spacial score (nSPS) is 12.5. The summed E-state index contributed by atoms with van der Waals surface area (Å²) in [5.41, 5.74) is 2.54. The van der Waals surface area contributed by atoms with E-state index in [1.807, 2.05) is 0 Å². The lowest BCUT2D eigenvalue weighted by Crippen LogP contribution is -2.30. The highest BCUT2D eigenvalue weighted by atomic mass is 35.5. The summed E-state index contributed by atoms with van der Waals surface area (Å²) in [6.45, 7) is 0. The molecule has 0 saturated carbocycles. The molecule has 21 heavy (non-hydrogen) atoms. The maximum Gasteiger partial charge on any atom is 0.142 e. The van der Waals surface area contributed by atoms with Gasteiger partial charge in [0.15, 0.2) is 0 Å². The van der Waals surface area contributed by atoms with Gasteiger partial charge in [0.25, 0.3) is 0 Å². The van der Waals surface area contributed by atoms with Crippen molar-refractivity contribution in [3.05, 3.63) is 69.0 Å². The molecule has 112 valence electrons. The van der Waals surface area contributed by atoms with E-state index < -0.39 is 23.5 Å². The molecule has 0 aliphatic carbocycles. The van der Waals surface area contributed by atoms with Crippen LogP contribution in [0.1, 0.15) is 17.2 Å².